The number of morpholine rings is 1. The Balaban J connectivity index is 0.00000220. The minimum absolute atomic E-state index is 0. The van der Waals surface area contributed by atoms with Crippen molar-refractivity contribution in [3.63, 3.8) is 0 Å². The van der Waals surface area contributed by atoms with Crippen LogP contribution in [0.4, 0.5) is 5.82 Å². The van der Waals surface area contributed by atoms with Crippen molar-refractivity contribution in [3.8, 4) is 0 Å². The number of rotatable bonds is 6. The lowest BCUT2D eigenvalue weighted by molar-refractivity contribution is -0.121. The molecule has 2 rings (SSSR count). The minimum atomic E-state index is 0. The number of anilines is 1. The molecule has 1 aromatic rings. The number of hydrogen-bond donors (Lipinski definition) is 2. The molecule has 6 nitrogen and oxygen atoms in total. The third kappa shape index (κ3) is 6.79. The summed E-state index contributed by atoms with van der Waals surface area (Å²) < 4.78 is 5.34. The van der Waals surface area contributed by atoms with Crippen LogP contribution >= 0.6 is 24.8 Å². The average molecular weight is 351 g/mol. The quantitative estimate of drug-likeness (QED) is 0.800. The van der Waals surface area contributed by atoms with Gasteiger partial charge in [-0.25, -0.2) is 4.98 Å². The second kappa shape index (κ2) is 11.5. The van der Waals surface area contributed by atoms with E-state index in [4.69, 9.17) is 4.74 Å². The first-order chi connectivity index (χ1) is 9.79. The highest BCUT2D eigenvalue weighted by atomic mass is 35.5. The number of amides is 1. The molecule has 0 aromatic carbocycles. The van der Waals surface area contributed by atoms with E-state index in [1.54, 1.807) is 6.20 Å². The van der Waals surface area contributed by atoms with Crippen LogP contribution in [0.15, 0.2) is 18.3 Å². The van der Waals surface area contributed by atoms with Gasteiger partial charge in [-0.15, -0.1) is 24.8 Å². The van der Waals surface area contributed by atoms with Gasteiger partial charge < -0.3 is 20.3 Å². The zero-order valence-electron chi connectivity index (χ0n) is 12.7. The van der Waals surface area contributed by atoms with Gasteiger partial charge >= 0.3 is 0 Å². The molecular weight excluding hydrogens is 327 g/mol. The minimum Gasteiger partial charge on any atom is -0.378 e. The summed E-state index contributed by atoms with van der Waals surface area (Å²) in [4.78, 5) is 18.2. The molecule has 0 aliphatic carbocycles. The SMILES string of the molecule is CNCCC(=O)NCc1ccnc(N2CCOCC2)c1.Cl.Cl. The van der Waals surface area contributed by atoms with E-state index in [0.29, 0.717) is 19.5 Å². The first kappa shape index (κ1) is 20.9. The summed E-state index contributed by atoms with van der Waals surface area (Å²) in [7, 11) is 1.84. The van der Waals surface area contributed by atoms with Gasteiger partial charge in [0.15, 0.2) is 0 Å². The Morgan fingerprint density at radius 2 is 2.09 bits per heavy atom. The van der Waals surface area contributed by atoms with Gasteiger partial charge in [0.2, 0.25) is 5.91 Å². The van der Waals surface area contributed by atoms with Gasteiger partial charge in [0.1, 0.15) is 5.82 Å². The third-order valence-electron chi connectivity index (χ3n) is 3.24. The highest BCUT2D eigenvalue weighted by Crippen LogP contribution is 2.14. The normalized spacial score (nSPS) is 13.8. The molecule has 1 aliphatic heterocycles. The number of pyridine rings is 1. The van der Waals surface area contributed by atoms with Crippen molar-refractivity contribution in [2.75, 3.05) is 44.8 Å². The van der Waals surface area contributed by atoms with Crippen LogP contribution in [0.3, 0.4) is 0 Å². The molecule has 1 aliphatic rings. The Labute approximate surface area is 143 Å². The molecule has 126 valence electrons. The molecule has 8 heteroatoms. The van der Waals surface area contributed by atoms with Crippen LogP contribution in [0, 0.1) is 0 Å². The highest BCUT2D eigenvalue weighted by Gasteiger charge is 2.12. The fraction of sp³-hybridized carbons (Fsp3) is 0.571. The van der Waals surface area contributed by atoms with Crippen molar-refractivity contribution in [3.05, 3.63) is 23.9 Å². The topological polar surface area (TPSA) is 66.5 Å². The molecule has 0 unspecified atom stereocenters. The van der Waals surface area contributed by atoms with Crippen molar-refractivity contribution < 1.29 is 9.53 Å². The Bertz CT molecular complexity index is 443. The van der Waals surface area contributed by atoms with Gasteiger partial charge in [-0.3, -0.25) is 4.79 Å². The van der Waals surface area contributed by atoms with Gasteiger partial charge in [-0.05, 0) is 24.7 Å². The number of nitrogens with one attached hydrogen (secondary N) is 2. The largest absolute Gasteiger partial charge is 0.378 e. The Kier molecular flexibility index (Phi) is 10.9. The lowest BCUT2D eigenvalue weighted by Gasteiger charge is -2.28. The van der Waals surface area contributed by atoms with Crippen LogP contribution in [0.2, 0.25) is 0 Å². The predicted octanol–water partition coefficient (Wildman–Crippen LogP) is 0.988. The fourth-order valence-corrected chi connectivity index (χ4v) is 2.06. The maximum atomic E-state index is 11.6. The highest BCUT2D eigenvalue weighted by molar-refractivity contribution is 5.85. The van der Waals surface area contributed by atoms with E-state index in [9.17, 15) is 4.79 Å². The number of carbonyl (C=O) groups excluding carboxylic acids is 1. The molecule has 2 heterocycles. The van der Waals surface area contributed by atoms with Crippen molar-refractivity contribution in [1.82, 2.24) is 15.6 Å². The van der Waals surface area contributed by atoms with E-state index in [2.05, 4.69) is 20.5 Å². The molecule has 1 fully saturated rings. The van der Waals surface area contributed by atoms with E-state index < -0.39 is 0 Å². The molecule has 1 saturated heterocycles. The lowest BCUT2D eigenvalue weighted by atomic mass is 10.2. The number of nitrogens with zero attached hydrogens (tertiary/aromatic N) is 2. The van der Waals surface area contributed by atoms with Gasteiger partial charge in [0.25, 0.3) is 0 Å². The first-order valence-corrected chi connectivity index (χ1v) is 6.98. The number of aromatic nitrogens is 1. The third-order valence-corrected chi connectivity index (χ3v) is 3.24. The van der Waals surface area contributed by atoms with E-state index in [1.807, 2.05) is 19.2 Å². The standard InChI is InChI=1S/C14H22N4O2.2ClH/c1-15-4-3-14(19)17-11-12-2-5-16-13(10-12)18-6-8-20-9-7-18;;/h2,5,10,15H,3-4,6-9,11H2,1H3,(H,17,19);2*1H. The van der Waals surface area contributed by atoms with Gasteiger partial charge in [0.05, 0.1) is 13.2 Å². The summed E-state index contributed by atoms with van der Waals surface area (Å²) in [5.41, 5.74) is 1.07. The summed E-state index contributed by atoms with van der Waals surface area (Å²) in [5.74, 6) is 1.01. The van der Waals surface area contributed by atoms with Crippen LogP contribution in [-0.4, -0.2) is 50.8 Å². The summed E-state index contributed by atoms with van der Waals surface area (Å²) >= 11 is 0. The zero-order valence-corrected chi connectivity index (χ0v) is 14.3. The van der Waals surface area contributed by atoms with Gasteiger partial charge in [-0.2, -0.15) is 0 Å². The summed E-state index contributed by atoms with van der Waals surface area (Å²) in [5, 5.41) is 5.87. The smallest absolute Gasteiger partial charge is 0.221 e. The van der Waals surface area contributed by atoms with Crippen LogP contribution < -0.4 is 15.5 Å². The fourth-order valence-electron chi connectivity index (χ4n) is 2.06. The van der Waals surface area contributed by atoms with E-state index in [-0.39, 0.29) is 30.7 Å². The maximum absolute atomic E-state index is 11.6. The van der Waals surface area contributed by atoms with Crippen molar-refractivity contribution in [2.24, 2.45) is 0 Å². The van der Waals surface area contributed by atoms with E-state index in [1.165, 1.54) is 0 Å². The number of ether oxygens (including phenoxy) is 1. The van der Waals surface area contributed by atoms with Gasteiger partial charge in [-0.1, -0.05) is 0 Å². The molecule has 22 heavy (non-hydrogen) atoms. The molecule has 2 N–H and O–H groups in total. The molecule has 0 atom stereocenters. The summed E-state index contributed by atoms with van der Waals surface area (Å²) in [6, 6.07) is 3.96. The Morgan fingerprint density at radius 1 is 1.36 bits per heavy atom. The van der Waals surface area contributed by atoms with Crippen LogP contribution in [0.25, 0.3) is 0 Å². The summed E-state index contributed by atoms with van der Waals surface area (Å²) in [6.45, 7) is 4.46. The zero-order chi connectivity index (χ0) is 14.2. The molecule has 1 aromatic heterocycles. The number of carbonyl (C=O) groups is 1. The van der Waals surface area contributed by atoms with Gasteiger partial charge in [0, 0.05) is 38.8 Å². The second-order valence-corrected chi connectivity index (χ2v) is 4.75. The predicted molar refractivity (Wildman–Crippen MR) is 92.2 cm³/mol. The first-order valence-electron chi connectivity index (χ1n) is 6.98. The molecule has 0 radical (unpaired) electrons. The molecule has 0 saturated carbocycles. The summed E-state index contributed by atoms with van der Waals surface area (Å²) in [6.07, 6.45) is 2.29. The van der Waals surface area contributed by atoms with Crippen LogP contribution in [0.1, 0.15) is 12.0 Å². The van der Waals surface area contributed by atoms with Crippen molar-refractivity contribution in [1.29, 1.82) is 0 Å². The average Bonchev–Trinajstić information content (AvgIpc) is 2.52. The molecule has 1 amide bonds. The van der Waals surface area contributed by atoms with Crippen molar-refractivity contribution in [2.45, 2.75) is 13.0 Å². The second-order valence-electron chi connectivity index (χ2n) is 4.75. The van der Waals surface area contributed by atoms with Crippen LogP contribution in [0.5, 0.6) is 0 Å². The maximum Gasteiger partial charge on any atom is 0.221 e. The van der Waals surface area contributed by atoms with E-state index in [0.717, 1.165) is 37.7 Å². The Morgan fingerprint density at radius 3 is 2.77 bits per heavy atom. The van der Waals surface area contributed by atoms with Crippen LogP contribution in [-0.2, 0) is 16.1 Å². The molecule has 0 bridgehead atoms. The number of hydrogen-bond acceptors (Lipinski definition) is 5. The Hall–Kier alpha value is -1.08. The number of halogens is 2. The lowest BCUT2D eigenvalue weighted by Crippen LogP contribution is -2.36. The van der Waals surface area contributed by atoms with E-state index >= 15 is 0 Å². The monoisotopic (exact) mass is 350 g/mol. The molecule has 0 spiro atoms. The molecular formula is C14H24Cl2N4O2. The van der Waals surface area contributed by atoms with Crippen molar-refractivity contribution >= 4 is 36.5 Å².